The molecule has 1 aromatic heterocycles. The second-order valence-electron chi connectivity index (χ2n) is 16.0. The summed E-state index contributed by atoms with van der Waals surface area (Å²) in [7, 11) is 0.691. The molecule has 0 unspecified atom stereocenters. The Hall–Kier alpha value is -3.39. The monoisotopic (exact) mass is 952 g/mol. The molecule has 0 saturated heterocycles. The molecule has 0 bridgehead atoms. The maximum absolute atomic E-state index is 12.8. The van der Waals surface area contributed by atoms with E-state index in [4.69, 9.17) is 18.9 Å². The Morgan fingerprint density at radius 3 is 0.902 bits per heavy atom. The molecule has 0 N–H and O–H groups in total. The molecule has 0 aliphatic carbocycles. The van der Waals surface area contributed by atoms with Gasteiger partial charge in [0.05, 0.1) is 57.8 Å². The van der Waals surface area contributed by atoms with Crippen molar-refractivity contribution in [3.63, 3.8) is 0 Å². The molecule has 1 aromatic rings. The number of esters is 4. The molecule has 3 heterocycles. The molecule has 0 atom stereocenters. The predicted octanol–water partition coefficient (Wildman–Crippen LogP) is 11.4. The zero-order valence-electron chi connectivity index (χ0n) is 37.9. The van der Waals surface area contributed by atoms with Crippen LogP contribution in [0, 0.1) is 46.6 Å². The number of carbonyl (C=O) groups is 4. The minimum Gasteiger partial charge on any atom is -0.465 e. The SMILES string of the molecule is COC(=O)C1=C(C(=O)OC)SC(=C(C#Cc2ccc(C#CC(C#C[Si](C(C)C)(C(C)C)C(C)C)=C3SC(C(=O)OC)=C(C(=O)OC)S3)s2)C#C[Si](C(C)C)(C(C)C)C(C)C)S1. The van der Waals surface area contributed by atoms with Crippen LogP contribution < -0.4 is 0 Å². The van der Waals surface area contributed by atoms with Crippen LogP contribution in [0.2, 0.25) is 33.2 Å². The summed E-state index contributed by atoms with van der Waals surface area (Å²) in [5, 5.41) is 0. The van der Waals surface area contributed by atoms with Gasteiger partial charge in [0.1, 0.15) is 35.8 Å². The normalized spacial score (nSPS) is 14.1. The fourth-order valence-electron chi connectivity index (χ4n) is 7.90. The van der Waals surface area contributed by atoms with Crippen molar-refractivity contribution in [2.24, 2.45) is 0 Å². The predicted molar refractivity (Wildman–Crippen MR) is 262 cm³/mol. The van der Waals surface area contributed by atoms with Gasteiger partial charge in [0, 0.05) is 0 Å². The number of thiophene rings is 1. The van der Waals surface area contributed by atoms with Crippen LogP contribution in [0.5, 0.6) is 0 Å². The highest BCUT2D eigenvalue weighted by atomic mass is 32.2. The number of hydrogen-bond acceptors (Lipinski definition) is 13. The van der Waals surface area contributed by atoms with Crippen molar-refractivity contribution in [2.75, 3.05) is 28.4 Å². The number of allylic oxidation sites excluding steroid dienone is 2. The first-order valence-corrected chi connectivity index (χ1v) is 28.4. The molecule has 0 aromatic carbocycles. The number of thioether (sulfide) groups is 4. The molecule has 0 radical (unpaired) electrons. The van der Waals surface area contributed by atoms with Crippen LogP contribution in [0.3, 0.4) is 0 Å². The Morgan fingerprint density at radius 1 is 0.443 bits per heavy atom. The Balaban J connectivity index is 2.25. The molecule has 0 saturated carbocycles. The van der Waals surface area contributed by atoms with E-state index in [1.807, 2.05) is 12.1 Å². The lowest BCUT2D eigenvalue weighted by atomic mass is 10.3. The van der Waals surface area contributed by atoms with Crippen LogP contribution >= 0.6 is 58.4 Å². The van der Waals surface area contributed by atoms with Gasteiger partial charge in [0.25, 0.3) is 0 Å². The van der Waals surface area contributed by atoms with Gasteiger partial charge in [0.15, 0.2) is 0 Å². The zero-order chi connectivity index (χ0) is 46.0. The van der Waals surface area contributed by atoms with Gasteiger partial charge >= 0.3 is 23.9 Å². The summed E-state index contributed by atoms with van der Waals surface area (Å²) in [6, 6.07) is 3.77. The van der Waals surface area contributed by atoms with Gasteiger partial charge in [0.2, 0.25) is 0 Å². The van der Waals surface area contributed by atoms with Gasteiger partial charge in [-0.05, 0) is 69.1 Å². The average Bonchev–Trinajstić information content (AvgIpc) is 3.98. The first kappa shape index (κ1) is 52.0. The Kier molecular flexibility index (Phi) is 19.4. The molecule has 0 amide bonds. The van der Waals surface area contributed by atoms with E-state index in [-0.39, 0.29) is 19.6 Å². The van der Waals surface area contributed by atoms with Gasteiger partial charge in [-0.15, -0.1) is 22.4 Å². The highest BCUT2D eigenvalue weighted by molar-refractivity contribution is 8.29. The zero-order valence-corrected chi connectivity index (χ0v) is 44.0. The quantitative estimate of drug-likeness (QED) is 0.0965. The van der Waals surface area contributed by atoms with Gasteiger partial charge in [-0.2, -0.15) is 0 Å². The van der Waals surface area contributed by atoms with Crippen LogP contribution in [-0.4, -0.2) is 68.5 Å². The van der Waals surface area contributed by atoms with E-state index < -0.39 is 40.0 Å². The minimum atomic E-state index is -2.20. The molecule has 61 heavy (non-hydrogen) atoms. The molecule has 8 nitrogen and oxygen atoms in total. The average molecular weight is 953 g/mol. The van der Waals surface area contributed by atoms with Crippen LogP contribution in [0.15, 0.2) is 51.4 Å². The van der Waals surface area contributed by atoms with E-state index in [1.54, 1.807) is 0 Å². The lowest BCUT2D eigenvalue weighted by Gasteiger charge is -2.38. The van der Waals surface area contributed by atoms with Crippen LogP contribution in [0.1, 0.15) is 92.8 Å². The topological polar surface area (TPSA) is 105 Å². The van der Waals surface area contributed by atoms with E-state index in [0.29, 0.717) is 52.9 Å². The molecular formula is C46H56O8S5Si2. The Morgan fingerprint density at radius 2 is 0.689 bits per heavy atom. The van der Waals surface area contributed by atoms with E-state index in [9.17, 15) is 19.2 Å². The standard InChI is InChI=1S/C46H56O8S5Si2/c1-27(2)60(28(3)4,29(5)6)25-23-33(45-56-37(41(47)51-13)38(57-45)42(48)52-14)17-19-35-21-22-36(55-35)20-18-34(24-26-61(30(7)8,31(9)10)32(11)12)46-58-39(43(49)53-15)40(59-46)44(50)54-16/h21-22,27-32H,1-16H3. The van der Waals surface area contributed by atoms with Crippen molar-refractivity contribution in [3.05, 3.63) is 61.1 Å². The summed E-state index contributed by atoms with van der Waals surface area (Å²) in [6.45, 7) is 26.8. The van der Waals surface area contributed by atoms with Crippen molar-refractivity contribution in [3.8, 4) is 46.6 Å². The summed E-state index contributed by atoms with van der Waals surface area (Å²) >= 11 is 5.87. The molecule has 2 aliphatic heterocycles. The maximum Gasteiger partial charge on any atom is 0.346 e. The van der Waals surface area contributed by atoms with Crippen molar-refractivity contribution < 1.29 is 38.1 Å². The maximum atomic E-state index is 12.8. The largest absolute Gasteiger partial charge is 0.465 e. The first-order chi connectivity index (χ1) is 28.7. The van der Waals surface area contributed by atoms with Gasteiger partial charge < -0.3 is 18.9 Å². The molecule has 3 rings (SSSR count). The fraction of sp³-hybridized carbons (Fsp3) is 0.478. The number of rotatable bonds is 10. The van der Waals surface area contributed by atoms with Gasteiger partial charge in [-0.1, -0.05) is 142 Å². The van der Waals surface area contributed by atoms with Crippen LogP contribution in [0.4, 0.5) is 0 Å². The smallest absolute Gasteiger partial charge is 0.346 e. The number of hydrogen-bond donors (Lipinski definition) is 0. The summed E-state index contributed by atoms with van der Waals surface area (Å²) in [5.41, 5.74) is 10.7. The number of ether oxygens (including phenoxy) is 4. The molecule has 2 aliphatic rings. The molecule has 326 valence electrons. The van der Waals surface area contributed by atoms with Crippen molar-refractivity contribution in [2.45, 2.75) is 116 Å². The second-order valence-corrected chi connectivity index (χ2v) is 32.8. The highest BCUT2D eigenvalue weighted by Crippen LogP contribution is 2.53. The minimum absolute atomic E-state index is 0.138. The van der Waals surface area contributed by atoms with E-state index >= 15 is 0 Å². The molecule has 0 spiro atoms. The molecular weight excluding hydrogens is 897 g/mol. The second kappa shape index (κ2) is 22.8. The molecule has 15 heteroatoms. The summed E-state index contributed by atoms with van der Waals surface area (Å²) in [6.07, 6.45) is 0. The summed E-state index contributed by atoms with van der Waals surface area (Å²) in [5.74, 6) is 17.5. The summed E-state index contributed by atoms with van der Waals surface area (Å²) in [4.78, 5) is 53.2. The van der Waals surface area contributed by atoms with Crippen molar-refractivity contribution in [1.82, 2.24) is 0 Å². The van der Waals surface area contributed by atoms with Gasteiger partial charge in [-0.3, -0.25) is 0 Å². The van der Waals surface area contributed by atoms with Gasteiger partial charge in [-0.25, -0.2) is 19.2 Å². The Bertz CT molecular complexity index is 2040. The van der Waals surface area contributed by atoms with Crippen LogP contribution in [0.25, 0.3) is 0 Å². The summed E-state index contributed by atoms with van der Waals surface area (Å²) < 4.78 is 21.3. The van der Waals surface area contributed by atoms with Crippen molar-refractivity contribution in [1.29, 1.82) is 0 Å². The lowest BCUT2D eigenvalue weighted by Crippen LogP contribution is -2.43. The highest BCUT2D eigenvalue weighted by Gasteiger charge is 2.43. The van der Waals surface area contributed by atoms with Crippen molar-refractivity contribution >= 4 is 98.4 Å². The van der Waals surface area contributed by atoms with E-state index in [1.165, 1.54) is 39.8 Å². The van der Waals surface area contributed by atoms with Crippen LogP contribution in [-0.2, 0) is 38.1 Å². The third-order valence-electron chi connectivity index (χ3n) is 10.9. The number of carbonyl (C=O) groups excluding carboxylic acids is 4. The third kappa shape index (κ3) is 11.8. The first-order valence-electron chi connectivity index (χ1n) is 19.9. The number of methoxy groups -OCH3 is 4. The van der Waals surface area contributed by atoms with E-state index in [2.05, 4.69) is 130 Å². The fourth-order valence-corrected chi connectivity index (χ4v) is 23.8. The molecule has 0 fully saturated rings. The lowest BCUT2D eigenvalue weighted by molar-refractivity contribution is -0.138. The third-order valence-corrected chi connectivity index (χ3v) is 29.5. The Labute approximate surface area is 386 Å². The van der Waals surface area contributed by atoms with E-state index in [0.717, 1.165) is 56.8 Å².